The van der Waals surface area contributed by atoms with Crippen LogP contribution < -0.4 is 11.3 Å². The van der Waals surface area contributed by atoms with Crippen LogP contribution in [0, 0.1) is 0 Å². The van der Waals surface area contributed by atoms with E-state index in [0.29, 0.717) is 0 Å². The van der Waals surface area contributed by atoms with Crippen LogP contribution in [0.1, 0.15) is 0 Å². The number of nitrogens with two attached hydrogens (primary N) is 1. The van der Waals surface area contributed by atoms with E-state index in [1.54, 1.807) is 0 Å². The van der Waals surface area contributed by atoms with Crippen molar-refractivity contribution in [2.24, 2.45) is 5.84 Å². The highest BCUT2D eigenvalue weighted by atomic mass is 16.3. The van der Waals surface area contributed by atoms with E-state index in [1.165, 1.54) is 0 Å². The Morgan fingerprint density at radius 2 is 2.22 bits per heavy atom. The van der Waals surface area contributed by atoms with E-state index in [2.05, 4.69) is 0 Å². The molecule has 0 aromatic heterocycles. The Hall–Kier alpha value is -0.490. The molecule has 0 radical (unpaired) electrons. The molecule has 9 heavy (non-hydrogen) atoms. The van der Waals surface area contributed by atoms with E-state index in [1.807, 2.05) is 5.43 Å². The van der Waals surface area contributed by atoms with E-state index in [-0.39, 0.29) is 0 Å². The third kappa shape index (κ3) is 2.52. The van der Waals surface area contributed by atoms with E-state index < -0.39 is 25.0 Å². The van der Waals surface area contributed by atoms with E-state index in [0.717, 1.165) is 0 Å². The molecule has 0 spiro atoms. The van der Waals surface area contributed by atoms with Gasteiger partial charge in [-0.05, 0) is 0 Å². The number of hydrogen-bond donors (Lipinski definition) is 4. The molecular formula is C4H10N2O3. The van der Waals surface area contributed by atoms with Gasteiger partial charge in [-0.2, -0.15) is 0 Å². The number of hydrogen-bond acceptors (Lipinski definition) is 5. The molecule has 0 fully saturated rings. The van der Waals surface area contributed by atoms with Gasteiger partial charge in [-0.1, -0.05) is 0 Å². The number of aliphatic hydroxyl groups excluding tert-OH is 2. The average molecular weight is 134 g/mol. The van der Waals surface area contributed by atoms with Crippen molar-refractivity contribution >= 4 is 5.78 Å². The summed E-state index contributed by atoms with van der Waals surface area (Å²) in [5.41, 5.74) is 2.04. The van der Waals surface area contributed by atoms with Crippen molar-refractivity contribution < 1.29 is 15.0 Å². The highest BCUT2D eigenvalue weighted by Gasteiger charge is 2.12. The monoisotopic (exact) mass is 134 g/mol. The van der Waals surface area contributed by atoms with Gasteiger partial charge >= 0.3 is 0 Å². The second-order valence-corrected chi connectivity index (χ2v) is 1.53. The molecule has 54 valence electrons. The van der Waals surface area contributed by atoms with Gasteiger partial charge in [-0.3, -0.25) is 10.6 Å². The molecule has 5 nitrogen and oxygen atoms in total. The van der Waals surface area contributed by atoms with Gasteiger partial charge in [0.15, 0.2) is 5.78 Å². The maximum absolute atomic E-state index is 10.4. The minimum absolute atomic E-state index is 0.393. The van der Waals surface area contributed by atoms with Gasteiger partial charge in [-0.25, -0.2) is 5.43 Å². The minimum Gasteiger partial charge on any atom is -0.394 e. The lowest BCUT2D eigenvalue weighted by atomic mass is 10.2. The quantitative estimate of drug-likeness (QED) is 0.249. The van der Waals surface area contributed by atoms with Crippen LogP contribution in [0.2, 0.25) is 0 Å². The molecule has 5 heteroatoms. The lowest BCUT2D eigenvalue weighted by Gasteiger charge is -2.07. The van der Waals surface area contributed by atoms with Gasteiger partial charge in [-0.15, -0.1) is 0 Å². The second kappa shape index (κ2) is 4.39. The molecule has 0 aromatic rings. The minimum atomic E-state index is -0.838. The fourth-order valence-electron chi connectivity index (χ4n) is 0.358. The Morgan fingerprint density at radius 3 is 2.33 bits per heavy atom. The Balaban J connectivity index is 3.64. The van der Waals surface area contributed by atoms with Crippen molar-refractivity contribution in [2.45, 2.75) is 6.04 Å². The number of nitrogens with one attached hydrogen (secondary N) is 1. The molecule has 0 aliphatic carbocycles. The molecule has 1 atom stereocenters. The van der Waals surface area contributed by atoms with Crippen LogP contribution in [0.4, 0.5) is 0 Å². The summed E-state index contributed by atoms with van der Waals surface area (Å²) >= 11 is 0. The van der Waals surface area contributed by atoms with Crippen molar-refractivity contribution in [3.05, 3.63) is 0 Å². The zero-order chi connectivity index (χ0) is 7.28. The first-order valence-corrected chi connectivity index (χ1v) is 2.46. The standard InChI is InChI=1S/C4H10N2O3/c5-6-3(1-7)4(9)2-8/h3,6-8H,1-2,5H2/t3-/m0/s1. The SMILES string of the molecule is NN[C@@H](CO)C(=O)CO. The molecule has 0 aliphatic rings. The van der Waals surface area contributed by atoms with Crippen molar-refractivity contribution in [1.29, 1.82) is 0 Å². The lowest BCUT2D eigenvalue weighted by Crippen LogP contribution is -2.45. The number of carbonyl (C=O) groups excluding carboxylic acids is 1. The predicted molar refractivity (Wildman–Crippen MR) is 30.3 cm³/mol. The Morgan fingerprint density at radius 1 is 1.67 bits per heavy atom. The molecule has 0 heterocycles. The van der Waals surface area contributed by atoms with Gasteiger partial charge < -0.3 is 10.2 Å². The number of aliphatic hydroxyl groups is 2. The molecule has 0 saturated heterocycles. The lowest BCUT2D eigenvalue weighted by molar-refractivity contribution is -0.124. The summed E-state index contributed by atoms with van der Waals surface area (Å²) < 4.78 is 0. The summed E-state index contributed by atoms with van der Waals surface area (Å²) in [6, 6.07) is -0.838. The summed E-state index contributed by atoms with van der Waals surface area (Å²) in [6.45, 7) is -0.995. The molecule has 0 aliphatic heterocycles. The Bertz CT molecular complexity index is 91.8. The summed E-state index contributed by atoms with van der Waals surface area (Å²) in [5.74, 6) is 4.30. The summed E-state index contributed by atoms with van der Waals surface area (Å²) in [4.78, 5) is 10.4. The van der Waals surface area contributed by atoms with Gasteiger partial charge in [0.25, 0.3) is 0 Å². The third-order valence-electron chi connectivity index (χ3n) is 0.928. The molecule has 0 amide bonds. The van der Waals surface area contributed by atoms with Crippen LogP contribution in [-0.2, 0) is 4.79 Å². The van der Waals surface area contributed by atoms with E-state index >= 15 is 0 Å². The fraction of sp³-hybridized carbons (Fsp3) is 0.750. The van der Waals surface area contributed by atoms with Crippen LogP contribution in [-0.4, -0.2) is 35.3 Å². The highest BCUT2D eigenvalue weighted by molar-refractivity contribution is 5.84. The maximum Gasteiger partial charge on any atom is 0.178 e. The first-order chi connectivity index (χ1) is 4.26. The zero-order valence-electron chi connectivity index (χ0n) is 4.87. The zero-order valence-corrected chi connectivity index (χ0v) is 4.87. The summed E-state index contributed by atoms with van der Waals surface area (Å²) in [6.07, 6.45) is 0. The van der Waals surface area contributed by atoms with Crippen molar-refractivity contribution in [3.8, 4) is 0 Å². The highest BCUT2D eigenvalue weighted by Crippen LogP contribution is 1.79. The van der Waals surface area contributed by atoms with Crippen molar-refractivity contribution in [2.75, 3.05) is 13.2 Å². The van der Waals surface area contributed by atoms with Crippen LogP contribution in [0.3, 0.4) is 0 Å². The summed E-state index contributed by atoms with van der Waals surface area (Å²) in [5, 5.41) is 16.6. The van der Waals surface area contributed by atoms with Gasteiger partial charge in [0.1, 0.15) is 12.6 Å². The Labute approximate surface area is 52.4 Å². The normalized spacial score (nSPS) is 13.2. The molecular weight excluding hydrogens is 124 g/mol. The van der Waals surface area contributed by atoms with E-state index in [9.17, 15) is 4.79 Å². The predicted octanol–water partition coefficient (Wildman–Crippen LogP) is -2.63. The first kappa shape index (κ1) is 8.51. The largest absolute Gasteiger partial charge is 0.394 e. The molecule has 0 bridgehead atoms. The number of ketones is 1. The number of hydrazine groups is 1. The van der Waals surface area contributed by atoms with Gasteiger partial charge in [0.05, 0.1) is 6.61 Å². The number of carbonyl (C=O) groups is 1. The van der Waals surface area contributed by atoms with E-state index in [4.69, 9.17) is 16.1 Å². The van der Waals surface area contributed by atoms with Crippen LogP contribution in [0.25, 0.3) is 0 Å². The number of rotatable bonds is 4. The maximum atomic E-state index is 10.4. The van der Waals surface area contributed by atoms with Crippen LogP contribution in [0.15, 0.2) is 0 Å². The fourth-order valence-corrected chi connectivity index (χ4v) is 0.358. The molecule has 0 rings (SSSR count). The van der Waals surface area contributed by atoms with Gasteiger partial charge in [0.2, 0.25) is 0 Å². The van der Waals surface area contributed by atoms with Crippen molar-refractivity contribution in [1.82, 2.24) is 5.43 Å². The number of Topliss-reactive ketones (excluding diaryl/α,β-unsaturated/α-hetero) is 1. The molecule has 5 N–H and O–H groups in total. The smallest absolute Gasteiger partial charge is 0.178 e. The molecule has 0 unspecified atom stereocenters. The second-order valence-electron chi connectivity index (χ2n) is 1.53. The van der Waals surface area contributed by atoms with Crippen LogP contribution >= 0.6 is 0 Å². The topological polar surface area (TPSA) is 95.6 Å². The average Bonchev–Trinajstić information content (AvgIpc) is 1.90. The van der Waals surface area contributed by atoms with Crippen molar-refractivity contribution in [3.63, 3.8) is 0 Å². The molecule has 0 saturated carbocycles. The molecule has 0 aromatic carbocycles. The Kier molecular flexibility index (Phi) is 4.16. The summed E-state index contributed by atoms with van der Waals surface area (Å²) in [7, 11) is 0. The van der Waals surface area contributed by atoms with Gasteiger partial charge in [0, 0.05) is 0 Å². The first-order valence-electron chi connectivity index (χ1n) is 2.46. The third-order valence-corrected chi connectivity index (χ3v) is 0.928. The van der Waals surface area contributed by atoms with Crippen LogP contribution in [0.5, 0.6) is 0 Å².